The standard InChI is InChI=1S/C13H7Cl5O2S3/c1-5-2-3-7(23(19)20)6(4-5)21-22-13-11(17)9(15)8(14)10(16)12(13)18/h2-4H,1H3,(H,19,20). The fourth-order valence-electron chi connectivity index (χ4n) is 1.57. The Kier molecular flexibility index (Phi) is 7.30. The van der Waals surface area contributed by atoms with Gasteiger partial charge in [0.1, 0.15) is 0 Å². The van der Waals surface area contributed by atoms with Crippen LogP contribution in [0.15, 0.2) is 32.9 Å². The maximum atomic E-state index is 11.4. The number of aryl methyl sites for hydroxylation is 1. The number of hydrogen-bond acceptors (Lipinski definition) is 3. The van der Waals surface area contributed by atoms with Gasteiger partial charge in [-0.15, -0.1) is 0 Å². The molecule has 1 unspecified atom stereocenters. The Morgan fingerprint density at radius 2 is 1.43 bits per heavy atom. The third-order valence-corrected chi connectivity index (χ3v) is 8.50. The molecule has 124 valence electrons. The van der Waals surface area contributed by atoms with Gasteiger partial charge in [0.2, 0.25) is 0 Å². The van der Waals surface area contributed by atoms with Gasteiger partial charge in [0.25, 0.3) is 0 Å². The molecule has 2 aromatic carbocycles. The van der Waals surface area contributed by atoms with Crippen LogP contribution in [-0.2, 0) is 11.1 Å². The van der Waals surface area contributed by atoms with Crippen molar-refractivity contribution in [1.29, 1.82) is 0 Å². The van der Waals surface area contributed by atoms with Crippen LogP contribution in [0, 0.1) is 6.92 Å². The highest BCUT2D eigenvalue weighted by Crippen LogP contribution is 2.52. The van der Waals surface area contributed by atoms with Crippen LogP contribution in [0.1, 0.15) is 5.56 Å². The molecule has 0 spiro atoms. The zero-order valence-electron chi connectivity index (χ0n) is 11.2. The minimum atomic E-state index is -2.10. The Bertz CT molecular complexity index is 769. The molecule has 0 radical (unpaired) electrons. The van der Waals surface area contributed by atoms with E-state index in [0.717, 1.165) is 5.56 Å². The first-order valence-electron chi connectivity index (χ1n) is 5.81. The quantitative estimate of drug-likeness (QED) is 0.216. The molecule has 1 N–H and O–H groups in total. The molecule has 0 heterocycles. The third-order valence-electron chi connectivity index (χ3n) is 2.67. The number of rotatable bonds is 4. The molecule has 2 rings (SSSR count). The highest BCUT2D eigenvalue weighted by Gasteiger charge is 2.21. The summed E-state index contributed by atoms with van der Waals surface area (Å²) < 4.78 is 20.8. The Labute approximate surface area is 168 Å². The van der Waals surface area contributed by atoms with E-state index < -0.39 is 11.1 Å². The molecular weight excluding hydrogens is 462 g/mol. The first-order valence-corrected chi connectivity index (χ1v) is 11.0. The molecule has 0 bridgehead atoms. The summed E-state index contributed by atoms with van der Waals surface area (Å²) in [6, 6.07) is 5.15. The van der Waals surface area contributed by atoms with Crippen LogP contribution in [0.4, 0.5) is 0 Å². The van der Waals surface area contributed by atoms with E-state index in [1.807, 2.05) is 6.92 Å². The third kappa shape index (κ3) is 4.46. The fraction of sp³-hybridized carbons (Fsp3) is 0.0769. The van der Waals surface area contributed by atoms with Gasteiger partial charge in [-0.25, -0.2) is 4.21 Å². The van der Waals surface area contributed by atoms with Crippen molar-refractivity contribution >= 4 is 90.7 Å². The van der Waals surface area contributed by atoms with Crippen molar-refractivity contribution < 1.29 is 8.76 Å². The van der Waals surface area contributed by atoms with Crippen LogP contribution in [0.25, 0.3) is 0 Å². The number of benzene rings is 2. The summed E-state index contributed by atoms with van der Waals surface area (Å²) in [7, 11) is 2.41. The predicted octanol–water partition coefficient (Wildman–Crippen LogP) is 7.64. The summed E-state index contributed by atoms with van der Waals surface area (Å²) in [5, 5.41) is 0.679. The second kappa shape index (κ2) is 8.39. The monoisotopic (exact) mass is 466 g/mol. The maximum absolute atomic E-state index is 11.4. The molecule has 0 fully saturated rings. The van der Waals surface area contributed by atoms with Gasteiger partial charge < -0.3 is 4.55 Å². The Morgan fingerprint density at radius 3 is 1.96 bits per heavy atom. The van der Waals surface area contributed by atoms with E-state index in [0.29, 0.717) is 14.7 Å². The summed E-state index contributed by atoms with van der Waals surface area (Å²) >= 11 is 28.2. The van der Waals surface area contributed by atoms with Gasteiger partial charge in [0.05, 0.1) is 34.9 Å². The first-order chi connectivity index (χ1) is 10.7. The second-order valence-corrected chi connectivity index (χ2v) is 9.27. The minimum Gasteiger partial charge on any atom is -0.302 e. The predicted molar refractivity (Wildman–Crippen MR) is 103 cm³/mol. The van der Waals surface area contributed by atoms with Gasteiger partial charge in [0, 0.05) is 4.90 Å². The smallest absolute Gasteiger partial charge is 0.187 e. The number of hydrogen-bond donors (Lipinski definition) is 1. The molecule has 1 atom stereocenters. The lowest BCUT2D eigenvalue weighted by molar-refractivity contribution is 0.562. The summed E-state index contributed by atoms with van der Waals surface area (Å²) in [6.07, 6.45) is 0. The van der Waals surface area contributed by atoms with Crippen LogP contribution in [-0.4, -0.2) is 8.76 Å². The molecule has 2 nitrogen and oxygen atoms in total. The van der Waals surface area contributed by atoms with E-state index in [9.17, 15) is 8.76 Å². The minimum absolute atomic E-state index is 0.0883. The van der Waals surface area contributed by atoms with Crippen molar-refractivity contribution in [3.8, 4) is 0 Å². The van der Waals surface area contributed by atoms with Gasteiger partial charge in [-0.3, -0.25) is 0 Å². The Morgan fingerprint density at radius 1 is 0.913 bits per heavy atom. The Balaban J connectivity index is 2.40. The molecule has 0 saturated heterocycles. The zero-order chi connectivity index (χ0) is 17.3. The van der Waals surface area contributed by atoms with Crippen molar-refractivity contribution in [1.82, 2.24) is 0 Å². The maximum Gasteiger partial charge on any atom is 0.187 e. The summed E-state index contributed by atoms with van der Waals surface area (Å²) in [5.41, 5.74) is 0.951. The van der Waals surface area contributed by atoms with Gasteiger partial charge in [0.15, 0.2) is 11.1 Å². The lowest BCUT2D eigenvalue weighted by Crippen LogP contribution is -1.91. The van der Waals surface area contributed by atoms with Gasteiger partial charge in [-0.1, -0.05) is 74.9 Å². The molecule has 23 heavy (non-hydrogen) atoms. The van der Waals surface area contributed by atoms with Gasteiger partial charge in [-0.2, -0.15) is 0 Å². The average molecular weight is 469 g/mol. The molecule has 0 aliphatic rings. The normalized spacial score (nSPS) is 12.5. The van der Waals surface area contributed by atoms with Crippen LogP contribution in [0.2, 0.25) is 25.1 Å². The highest BCUT2D eigenvalue weighted by atomic mass is 35.5. The van der Waals surface area contributed by atoms with Crippen molar-refractivity contribution in [2.24, 2.45) is 0 Å². The topological polar surface area (TPSA) is 37.3 Å². The van der Waals surface area contributed by atoms with Crippen LogP contribution < -0.4 is 0 Å². The molecule has 0 saturated carbocycles. The average Bonchev–Trinajstić information content (AvgIpc) is 2.50. The second-order valence-electron chi connectivity index (χ2n) is 4.27. The molecule has 0 aliphatic heterocycles. The van der Waals surface area contributed by atoms with E-state index >= 15 is 0 Å². The number of halogens is 5. The lowest BCUT2D eigenvalue weighted by atomic mass is 10.2. The van der Waals surface area contributed by atoms with Crippen molar-refractivity contribution in [3.63, 3.8) is 0 Å². The van der Waals surface area contributed by atoms with E-state index in [2.05, 4.69) is 0 Å². The molecule has 10 heteroatoms. The largest absolute Gasteiger partial charge is 0.302 e. The van der Waals surface area contributed by atoms with Crippen LogP contribution in [0.3, 0.4) is 0 Å². The van der Waals surface area contributed by atoms with Gasteiger partial charge in [-0.05, 0) is 35.4 Å². The van der Waals surface area contributed by atoms with E-state index in [4.69, 9.17) is 58.0 Å². The molecule has 0 amide bonds. The van der Waals surface area contributed by atoms with Crippen molar-refractivity contribution in [2.45, 2.75) is 21.6 Å². The molecule has 0 aliphatic carbocycles. The zero-order valence-corrected chi connectivity index (χ0v) is 17.4. The molecular formula is C13H7Cl5O2S3. The Hall–Kier alpha value is 0.700. The van der Waals surface area contributed by atoms with Crippen molar-refractivity contribution in [2.75, 3.05) is 0 Å². The van der Waals surface area contributed by atoms with Crippen LogP contribution in [0.5, 0.6) is 0 Å². The van der Waals surface area contributed by atoms with E-state index in [1.54, 1.807) is 18.2 Å². The molecule has 0 aromatic heterocycles. The fourth-order valence-corrected chi connectivity index (χ4v) is 6.58. The summed E-state index contributed by atoms with van der Waals surface area (Å²) in [5.74, 6) is 0. The van der Waals surface area contributed by atoms with E-state index in [-0.39, 0.29) is 25.1 Å². The van der Waals surface area contributed by atoms with Gasteiger partial charge >= 0.3 is 0 Å². The van der Waals surface area contributed by atoms with Crippen LogP contribution >= 0.6 is 79.6 Å². The summed E-state index contributed by atoms with van der Waals surface area (Å²) in [4.78, 5) is 1.35. The highest BCUT2D eigenvalue weighted by molar-refractivity contribution is 8.76. The van der Waals surface area contributed by atoms with Crippen molar-refractivity contribution in [3.05, 3.63) is 48.9 Å². The summed E-state index contributed by atoms with van der Waals surface area (Å²) in [6.45, 7) is 1.88. The lowest BCUT2D eigenvalue weighted by Gasteiger charge is -2.12. The SMILES string of the molecule is Cc1ccc(S(=O)O)c(SSc2c(Cl)c(Cl)c(Cl)c(Cl)c2Cl)c1. The first kappa shape index (κ1) is 20.0. The molecule has 2 aromatic rings. The van der Waals surface area contributed by atoms with E-state index in [1.165, 1.54) is 21.6 Å².